The van der Waals surface area contributed by atoms with Gasteiger partial charge in [0.15, 0.2) is 0 Å². The summed E-state index contributed by atoms with van der Waals surface area (Å²) in [6.45, 7) is 0. The van der Waals surface area contributed by atoms with Crippen molar-refractivity contribution in [3.63, 3.8) is 0 Å². The minimum atomic E-state index is 0.0538. The van der Waals surface area contributed by atoms with Crippen LogP contribution in [0.2, 0.25) is 0 Å². The highest BCUT2D eigenvalue weighted by molar-refractivity contribution is 6.24. The van der Waals surface area contributed by atoms with E-state index in [1.807, 2.05) is 55.6 Å². The largest absolute Gasteiger partial charge is 0.420 e. The Morgan fingerprint density at radius 1 is 0.762 bits per heavy atom. The van der Waals surface area contributed by atoms with Crippen molar-refractivity contribution >= 4 is 22.4 Å². The van der Waals surface area contributed by atoms with Crippen molar-refractivity contribution < 1.29 is 9.37 Å². The van der Waals surface area contributed by atoms with Gasteiger partial charge in [-0.15, -0.1) is 0 Å². The van der Waals surface area contributed by atoms with Crippen LogP contribution in [0.1, 0.15) is 21.5 Å². The van der Waals surface area contributed by atoms with Crippen molar-refractivity contribution in [2.75, 3.05) is 7.05 Å². The molecule has 0 unspecified atom stereocenters. The first kappa shape index (κ1) is 12.0. The Morgan fingerprint density at radius 2 is 1.43 bits per heavy atom. The van der Waals surface area contributed by atoms with Crippen molar-refractivity contribution in [2.24, 2.45) is 0 Å². The summed E-state index contributed by atoms with van der Waals surface area (Å²) in [5.74, 6) is 0.0538. The van der Waals surface area contributed by atoms with E-state index in [9.17, 15) is 4.79 Å². The first-order valence-corrected chi connectivity index (χ1v) is 7.00. The van der Waals surface area contributed by atoms with Crippen molar-refractivity contribution in [1.29, 1.82) is 0 Å². The summed E-state index contributed by atoms with van der Waals surface area (Å²) in [5.41, 5.74) is 3.95. The number of hydrogen-bond acceptors (Lipinski definition) is 1. The second-order valence-electron chi connectivity index (χ2n) is 5.29. The second-order valence-corrected chi connectivity index (χ2v) is 5.29. The number of nitrogens with zero attached hydrogens (tertiary/aromatic N) is 1. The quantitative estimate of drug-likeness (QED) is 0.621. The average molecular weight is 272 g/mol. The Morgan fingerprint density at radius 3 is 2.14 bits per heavy atom. The molecular formula is C19H14NO+. The van der Waals surface area contributed by atoms with Crippen LogP contribution in [0.5, 0.6) is 0 Å². The van der Waals surface area contributed by atoms with Crippen LogP contribution >= 0.6 is 0 Å². The lowest BCUT2D eigenvalue weighted by Gasteiger charge is -2.15. The average Bonchev–Trinajstić information content (AvgIpc) is 2.54. The molecule has 0 aliphatic carbocycles. The van der Waals surface area contributed by atoms with Gasteiger partial charge in [0.25, 0.3) is 0 Å². The number of carbonyl (C=O) groups is 1. The Hall–Kier alpha value is -2.74. The van der Waals surface area contributed by atoms with E-state index in [2.05, 4.69) is 18.2 Å². The van der Waals surface area contributed by atoms with Gasteiger partial charge in [-0.1, -0.05) is 42.5 Å². The van der Waals surface area contributed by atoms with Gasteiger partial charge in [0, 0.05) is 10.9 Å². The monoisotopic (exact) mass is 272 g/mol. The smallest absolute Gasteiger partial charge is 0.214 e. The fourth-order valence-electron chi connectivity index (χ4n) is 3.12. The van der Waals surface area contributed by atoms with E-state index >= 15 is 0 Å². The summed E-state index contributed by atoms with van der Waals surface area (Å²) < 4.78 is 1.76. The number of amides is 1. The molecule has 0 fully saturated rings. The normalized spacial score (nSPS) is 13.9. The fraction of sp³-hybridized carbons (Fsp3) is 0.0526. The topological polar surface area (TPSA) is 20.1 Å². The first-order chi connectivity index (χ1) is 10.3. The maximum atomic E-state index is 12.7. The Balaban J connectivity index is 2.14. The van der Waals surface area contributed by atoms with Gasteiger partial charge < -0.3 is 0 Å². The Labute approximate surface area is 123 Å². The molecule has 100 valence electrons. The summed E-state index contributed by atoms with van der Waals surface area (Å²) in [6, 6.07) is 22.2. The SMILES string of the molecule is C[N+]1=C(c2ccccc2)c2cccc3cccc(c23)C1=O. The van der Waals surface area contributed by atoms with E-state index < -0.39 is 0 Å². The van der Waals surface area contributed by atoms with Gasteiger partial charge in [-0.05, 0) is 29.7 Å². The molecule has 0 atom stereocenters. The fourth-order valence-corrected chi connectivity index (χ4v) is 3.12. The van der Waals surface area contributed by atoms with Gasteiger partial charge in [0.05, 0.1) is 11.1 Å². The third kappa shape index (κ3) is 1.66. The molecule has 4 rings (SSSR count). The van der Waals surface area contributed by atoms with Crippen LogP contribution in [-0.4, -0.2) is 23.2 Å². The summed E-state index contributed by atoms with van der Waals surface area (Å²) in [7, 11) is 1.85. The molecule has 0 bridgehead atoms. The zero-order valence-electron chi connectivity index (χ0n) is 11.7. The Bertz CT molecular complexity index is 902. The lowest BCUT2D eigenvalue weighted by molar-refractivity contribution is -0.393. The van der Waals surface area contributed by atoms with Gasteiger partial charge in [-0.25, -0.2) is 4.79 Å². The molecule has 3 aromatic carbocycles. The molecule has 1 aliphatic heterocycles. The van der Waals surface area contributed by atoms with Crippen LogP contribution in [0.4, 0.5) is 0 Å². The Kier molecular flexibility index (Phi) is 2.51. The summed E-state index contributed by atoms with van der Waals surface area (Å²) >= 11 is 0. The molecule has 2 nitrogen and oxygen atoms in total. The minimum absolute atomic E-state index is 0.0538. The summed E-state index contributed by atoms with van der Waals surface area (Å²) in [6.07, 6.45) is 0. The summed E-state index contributed by atoms with van der Waals surface area (Å²) in [5, 5.41) is 2.17. The first-order valence-electron chi connectivity index (χ1n) is 7.00. The molecule has 2 heteroatoms. The number of hydrogen-bond donors (Lipinski definition) is 0. The van der Waals surface area contributed by atoms with E-state index in [0.29, 0.717) is 0 Å². The van der Waals surface area contributed by atoms with Crippen LogP contribution in [0.15, 0.2) is 66.7 Å². The van der Waals surface area contributed by atoms with E-state index in [4.69, 9.17) is 0 Å². The van der Waals surface area contributed by atoms with Gasteiger partial charge >= 0.3 is 5.91 Å². The molecule has 0 aromatic heterocycles. The minimum Gasteiger partial charge on any atom is -0.214 e. The highest BCUT2D eigenvalue weighted by Gasteiger charge is 2.32. The van der Waals surface area contributed by atoms with Gasteiger partial charge in [0.1, 0.15) is 7.05 Å². The van der Waals surface area contributed by atoms with E-state index in [0.717, 1.165) is 33.2 Å². The van der Waals surface area contributed by atoms with Crippen molar-refractivity contribution in [3.8, 4) is 0 Å². The van der Waals surface area contributed by atoms with Gasteiger partial charge in [-0.2, -0.15) is 4.58 Å². The van der Waals surface area contributed by atoms with Crippen LogP contribution in [0, 0.1) is 0 Å². The molecule has 0 saturated heterocycles. The maximum absolute atomic E-state index is 12.7. The number of carbonyl (C=O) groups excluding carboxylic acids is 1. The molecule has 3 aromatic rings. The highest BCUT2D eigenvalue weighted by atomic mass is 16.2. The zero-order chi connectivity index (χ0) is 14.4. The molecular weight excluding hydrogens is 258 g/mol. The highest BCUT2D eigenvalue weighted by Crippen LogP contribution is 2.29. The van der Waals surface area contributed by atoms with Crippen LogP contribution in [0.25, 0.3) is 10.8 Å². The van der Waals surface area contributed by atoms with Gasteiger partial charge in [-0.3, -0.25) is 0 Å². The van der Waals surface area contributed by atoms with Crippen LogP contribution in [-0.2, 0) is 0 Å². The van der Waals surface area contributed by atoms with Crippen LogP contribution < -0.4 is 0 Å². The lowest BCUT2D eigenvalue weighted by Crippen LogP contribution is -2.30. The number of benzene rings is 3. The maximum Gasteiger partial charge on any atom is 0.420 e. The van der Waals surface area contributed by atoms with Gasteiger partial charge in [0.2, 0.25) is 5.71 Å². The zero-order valence-corrected chi connectivity index (χ0v) is 11.7. The third-order valence-corrected chi connectivity index (χ3v) is 4.08. The molecule has 1 amide bonds. The molecule has 1 heterocycles. The molecule has 0 spiro atoms. The predicted molar refractivity (Wildman–Crippen MR) is 84.1 cm³/mol. The molecule has 21 heavy (non-hydrogen) atoms. The molecule has 0 radical (unpaired) electrons. The van der Waals surface area contributed by atoms with E-state index in [1.54, 1.807) is 4.58 Å². The van der Waals surface area contributed by atoms with E-state index in [1.165, 1.54) is 0 Å². The molecule has 1 aliphatic rings. The van der Waals surface area contributed by atoms with Crippen LogP contribution in [0.3, 0.4) is 0 Å². The molecule has 0 saturated carbocycles. The standard InChI is InChI=1S/C19H14NO/c1-20-18(14-7-3-2-4-8-14)15-11-5-9-13-10-6-12-16(17(13)15)19(20)21/h2-12H,1H3/q+1. The predicted octanol–water partition coefficient (Wildman–Crippen LogP) is 3.47. The van der Waals surface area contributed by atoms with Crippen molar-refractivity contribution in [1.82, 2.24) is 0 Å². The lowest BCUT2D eigenvalue weighted by atomic mass is 9.90. The van der Waals surface area contributed by atoms with E-state index in [-0.39, 0.29) is 5.91 Å². The third-order valence-electron chi connectivity index (χ3n) is 4.08. The molecule has 0 N–H and O–H groups in total. The second kappa shape index (κ2) is 4.38. The summed E-state index contributed by atoms with van der Waals surface area (Å²) in [4.78, 5) is 12.7. The van der Waals surface area contributed by atoms with Crippen molar-refractivity contribution in [2.45, 2.75) is 0 Å². The van der Waals surface area contributed by atoms with Crippen molar-refractivity contribution in [3.05, 3.63) is 83.4 Å². The number of rotatable bonds is 1.